The molecule has 0 aromatic heterocycles. The first kappa shape index (κ1) is 14.9. The topological polar surface area (TPSA) is 27.0 Å². The van der Waals surface area contributed by atoms with Gasteiger partial charge in [-0.25, -0.2) is 0 Å². The van der Waals surface area contributed by atoms with Crippen LogP contribution in [0.5, 0.6) is 0 Å². The second kappa shape index (κ2) is 7.31. The third kappa shape index (κ3) is 4.22. The molecule has 2 aromatic rings. The third-order valence-corrected chi connectivity index (χ3v) is 3.39. The van der Waals surface area contributed by atoms with Gasteiger partial charge in [-0.3, -0.25) is 0 Å². The molecular formula is C19H20N2. The number of benzene rings is 2. The third-order valence-electron chi connectivity index (χ3n) is 3.39. The Bertz CT molecular complexity index is 638. The van der Waals surface area contributed by atoms with Crippen molar-refractivity contribution in [1.29, 1.82) is 5.26 Å². The summed E-state index contributed by atoms with van der Waals surface area (Å²) < 4.78 is 0. The van der Waals surface area contributed by atoms with Crippen molar-refractivity contribution < 1.29 is 0 Å². The van der Waals surface area contributed by atoms with Crippen LogP contribution in [0.15, 0.2) is 66.7 Å². The van der Waals surface area contributed by atoms with Gasteiger partial charge in [-0.05, 0) is 31.0 Å². The molecule has 2 aromatic carbocycles. The predicted octanol–water partition coefficient (Wildman–Crippen LogP) is 4.53. The van der Waals surface area contributed by atoms with Gasteiger partial charge in [0.2, 0.25) is 0 Å². The predicted molar refractivity (Wildman–Crippen MR) is 88.1 cm³/mol. The van der Waals surface area contributed by atoms with Gasteiger partial charge in [0.25, 0.3) is 0 Å². The average molecular weight is 276 g/mol. The Morgan fingerprint density at radius 3 is 2.43 bits per heavy atom. The van der Waals surface area contributed by atoms with Crippen molar-refractivity contribution >= 4 is 5.69 Å². The summed E-state index contributed by atoms with van der Waals surface area (Å²) in [5.74, 6) is 0. The molecule has 21 heavy (non-hydrogen) atoms. The summed E-state index contributed by atoms with van der Waals surface area (Å²) in [6.45, 7) is 7.68. The number of hydrogen-bond donors (Lipinski definition) is 0. The Morgan fingerprint density at radius 1 is 1.10 bits per heavy atom. The molecule has 0 saturated heterocycles. The number of nitriles is 1. The fraction of sp³-hybridized carbons (Fsp3) is 0.211. The van der Waals surface area contributed by atoms with Crippen molar-refractivity contribution in [1.82, 2.24) is 0 Å². The molecule has 0 unspecified atom stereocenters. The van der Waals surface area contributed by atoms with E-state index in [2.05, 4.69) is 29.7 Å². The Balaban J connectivity index is 2.27. The van der Waals surface area contributed by atoms with Gasteiger partial charge in [0.1, 0.15) is 6.07 Å². The Morgan fingerprint density at radius 2 is 1.76 bits per heavy atom. The van der Waals surface area contributed by atoms with Crippen LogP contribution in [0.1, 0.15) is 24.5 Å². The van der Waals surface area contributed by atoms with Crippen LogP contribution in [0, 0.1) is 11.3 Å². The van der Waals surface area contributed by atoms with Crippen LogP contribution in [0.4, 0.5) is 5.69 Å². The highest BCUT2D eigenvalue weighted by molar-refractivity contribution is 5.59. The molecule has 0 aliphatic carbocycles. The zero-order valence-electron chi connectivity index (χ0n) is 12.4. The largest absolute Gasteiger partial charge is 0.366 e. The molecule has 0 saturated carbocycles. The van der Waals surface area contributed by atoms with E-state index in [1.54, 1.807) is 0 Å². The lowest BCUT2D eigenvalue weighted by Gasteiger charge is -2.26. The van der Waals surface area contributed by atoms with Gasteiger partial charge < -0.3 is 4.90 Å². The van der Waals surface area contributed by atoms with Gasteiger partial charge in [-0.15, -0.1) is 6.58 Å². The minimum absolute atomic E-state index is 0.718. The lowest BCUT2D eigenvalue weighted by molar-refractivity contribution is 0.777. The number of anilines is 1. The van der Waals surface area contributed by atoms with Crippen molar-refractivity contribution in [3.8, 4) is 6.07 Å². The lowest BCUT2D eigenvalue weighted by atomic mass is 10.1. The Hall–Kier alpha value is -2.53. The van der Waals surface area contributed by atoms with Crippen molar-refractivity contribution in [2.75, 3.05) is 11.4 Å². The molecular weight excluding hydrogens is 256 g/mol. The Kier molecular flexibility index (Phi) is 5.17. The van der Waals surface area contributed by atoms with Crippen molar-refractivity contribution in [3.63, 3.8) is 0 Å². The molecule has 0 bridgehead atoms. The van der Waals surface area contributed by atoms with E-state index in [4.69, 9.17) is 0 Å². The minimum Gasteiger partial charge on any atom is -0.366 e. The number of para-hydroxylation sites is 1. The maximum Gasteiger partial charge on any atom is 0.101 e. The van der Waals surface area contributed by atoms with E-state index in [1.807, 2.05) is 49.4 Å². The summed E-state index contributed by atoms with van der Waals surface area (Å²) in [5.41, 5.74) is 4.11. The Labute approximate surface area is 127 Å². The fourth-order valence-electron chi connectivity index (χ4n) is 2.26. The van der Waals surface area contributed by atoms with Crippen LogP contribution in [-0.2, 0) is 6.54 Å². The van der Waals surface area contributed by atoms with Crippen LogP contribution in [-0.4, -0.2) is 6.54 Å². The summed E-state index contributed by atoms with van der Waals surface area (Å²) in [5, 5.41) is 9.32. The van der Waals surface area contributed by atoms with E-state index in [-0.39, 0.29) is 0 Å². The second-order valence-electron chi connectivity index (χ2n) is 5.24. The number of nitrogens with zero attached hydrogens (tertiary/aromatic N) is 2. The number of rotatable bonds is 6. The molecule has 2 heteroatoms. The molecule has 0 amide bonds. The molecule has 0 aliphatic heterocycles. The van der Waals surface area contributed by atoms with Gasteiger partial charge in [0.05, 0.1) is 11.3 Å². The molecule has 0 heterocycles. The van der Waals surface area contributed by atoms with Gasteiger partial charge >= 0.3 is 0 Å². The highest BCUT2D eigenvalue weighted by Gasteiger charge is 2.11. The van der Waals surface area contributed by atoms with Crippen molar-refractivity contribution in [2.24, 2.45) is 0 Å². The van der Waals surface area contributed by atoms with Crippen LogP contribution < -0.4 is 4.90 Å². The molecule has 106 valence electrons. The van der Waals surface area contributed by atoms with Crippen LogP contribution in [0.2, 0.25) is 0 Å². The first-order valence-electron chi connectivity index (χ1n) is 7.13. The number of hydrogen-bond acceptors (Lipinski definition) is 2. The zero-order chi connectivity index (χ0) is 15.1. The van der Waals surface area contributed by atoms with E-state index >= 15 is 0 Å². The molecule has 0 atom stereocenters. The molecule has 0 spiro atoms. The zero-order valence-corrected chi connectivity index (χ0v) is 12.4. The van der Waals surface area contributed by atoms with Crippen LogP contribution >= 0.6 is 0 Å². The molecule has 0 fully saturated rings. The molecule has 2 rings (SSSR count). The summed E-state index contributed by atoms with van der Waals surface area (Å²) in [4.78, 5) is 2.25. The molecule has 0 aliphatic rings. The fourth-order valence-corrected chi connectivity index (χ4v) is 2.26. The maximum absolute atomic E-state index is 9.32. The normalized spacial score (nSPS) is 9.90. The van der Waals surface area contributed by atoms with E-state index < -0.39 is 0 Å². The first-order valence-corrected chi connectivity index (χ1v) is 7.13. The molecule has 2 nitrogen and oxygen atoms in total. The van der Waals surface area contributed by atoms with Gasteiger partial charge in [-0.1, -0.05) is 48.0 Å². The summed E-state index contributed by atoms with van der Waals surface area (Å²) in [7, 11) is 0. The molecule has 0 radical (unpaired) electrons. The maximum atomic E-state index is 9.32. The van der Waals surface area contributed by atoms with Crippen LogP contribution in [0.25, 0.3) is 0 Å². The van der Waals surface area contributed by atoms with Gasteiger partial charge in [-0.2, -0.15) is 5.26 Å². The summed E-state index contributed by atoms with van der Waals surface area (Å²) >= 11 is 0. The van der Waals surface area contributed by atoms with E-state index in [1.165, 1.54) is 5.56 Å². The van der Waals surface area contributed by atoms with E-state index in [0.29, 0.717) is 0 Å². The summed E-state index contributed by atoms with van der Waals surface area (Å²) in [6.07, 6.45) is 0.923. The lowest BCUT2D eigenvalue weighted by Crippen LogP contribution is -2.24. The van der Waals surface area contributed by atoms with Gasteiger partial charge in [0.15, 0.2) is 0 Å². The minimum atomic E-state index is 0.718. The van der Waals surface area contributed by atoms with Crippen molar-refractivity contribution in [2.45, 2.75) is 19.9 Å². The smallest absolute Gasteiger partial charge is 0.101 e. The quantitative estimate of drug-likeness (QED) is 0.725. The second-order valence-corrected chi connectivity index (χ2v) is 5.24. The molecule has 0 N–H and O–H groups in total. The van der Waals surface area contributed by atoms with E-state index in [9.17, 15) is 5.26 Å². The highest BCUT2D eigenvalue weighted by Crippen LogP contribution is 2.22. The highest BCUT2D eigenvalue weighted by atomic mass is 15.1. The van der Waals surface area contributed by atoms with Crippen LogP contribution in [0.3, 0.4) is 0 Å². The van der Waals surface area contributed by atoms with Crippen molar-refractivity contribution in [3.05, 3.63) is 77.9 Å². The van der Waals surface area contributed by atoms with E-state index in [0.717, 1.165) is 36.3 Å². The standard InChI is InChI=1S/C19H20N2/c1-16(2)12-13-21(15-17-8-4-3-5-9-17)19-11-7-6-10-18(19)14-20/h3-11H,1,12-13,15H2,2H3. The first-order chi connectivity index (χ1) is 10.2. The average Bonchev–Trinajstić information content (AvgIpc) is 2.52. The summed E-state index contributed by atoms with van der Waals surface area (Å²) in [6, 6.07) is 20.4. The SMILES string of the molecule is C=C(C)CCN(Cc1ccccc1)c1ccccc1C#N. The monoisotopic (exact) mass is 276 g/mol. The van der Waals surface area contributed by atoms with Gasteiger partial charge in [0, 0.05) is 13.1 Å².